The minimum atomic E-state index is -0.577. The number of rotatable bonds is 7. The Morgan fingerprint density at radius 2 is 1.56 bits per heavy atom. The molecule has 0 aromatic heterocycles. The van der Waals surface area contributed by atoms with E-state index in [-0.39, 0.29) is 11.9 Å². The molecule has 0 radical (unpaired) electrons. The highest BCUT2D eigenvalue weighted by Gasteiger charge is 2.50. The Labute approximate surface area is 166 Å². The van der Waals surface area contributed by atoms with Crippen molar-refractivity contribution in [2.75, 3.05) is 0 Å². The monoisotopic (exact) mass is 375 g/mol. The molecular formula is C23H41N3O. The van der Waals surface area contributed by atoms with Gasteiger partial charge in [-0.25, -0.2) is 4.99 Å². The van der Waals surface area contributed by atoms with E-state index in [9.17, 15) is 4.79 Å². The first-order valence-corrected chi connectivity index (χ1v) is 11.6. The summed E-state index contributed by atoms with van der Waals surface area (Å²) < 4.78 is 0. The number of carbonyl (C=O) groups is 1. The Morgan fingerprint density at radius 1 is 1.00 bits per heavy atom. The Balaban J connectivity index is 1.77. The van der Waals surface area contributed by atoms with Crippen LogP contribution >= 0.6 is 0 Å². The molecule has 0 aromatic rings. The summed E-state index contributed by atoms with van der Waals surface area (Å²) in [5.74, 6) is 2.47. The molecule has 3 rings (SSSR count). The van der Waals surface area contributed by atoms with Gasteiger partial charge >= 0.3 is 0 Å². The van der Waals surface area contributed by atoms with E-state index in [0.717, 1.165) is 25.2 Å². The molecule has 0 spiro atoms. The molecule has 4 heteroatoms. The van der Waals surface area contributed by atoms with Gasteiger partial charge in [-0.15, -0.1) is 0 Å². The van der Waals surface area contributed by atoms with Crippen molar-refractivity contribution >= 4 is 11.9 Å². The van der Waals surface area contributed by atoms with Crippen LogP contribution in [0.2, 0.25) is 0 Å². The van der Waals surface area contributed by atoms with Crippen LogP contribution in [0.15, 0.2) is 4.99 Å². The number of amides is 1. The summed E-state index contributed by atoms with van der Waals surface area (Å²) in [5, 5.41) is 0. The van der Waals surface area contributed by atoms with Gasteiger partial charge in [-0.3, -0.25) is 9.69 Å². The van der Waals surface area contributed by atoms with Crippen LogP contribution in [0, 0.1) is 17.8 Å². The third-order valence-electron chi connectivity index (χ3n) is 7.61. The third-order valence-corrected chi connectivity index (χ3v) is 7.61. The molecule has 2 fully saturated rings. The molecule has 0 bridgehead atoms. The minimum Gasteiger partial charge on any atom is -0.369 e. The average molecular weight is 376 g/mol. The molecule has 2 N–H and O–H groups in total. The summed E-state index contributed by atoms with van der Waals surface area (Å²) >= 11 is 0. The van der Waals surface area contributed by atoms with Gasteiger partial charge in [-0.05, 0) is 43.9 Å². The molecule has 0 saturated heterocycles. The van der Waals surface area contributed by atoms with E-state index in [4.69, 9.17) is 10.7 Å². The molecule has 2 unspecified atom stereocenters. The van der Waals surface area contributed by atoms with E-state index >= 15 is 0 Å². The van der Waals surface area contributed by atoms with E-state index in [1.165, 1.54) is 64.2 Å². The maximum Gasteiger partial charge on any atom is 0.257 e. The highest BCUT2D eigenvalue weighted by Crippen LogP contribution is 2.41. The Hall–Kier alpha value is -1.06. The fourth-order valence-electron chi connectivity index (χ4n) is 5.53. The number of aliphatic imine (C=N–C) groups is 1. The third kappa shape index (κ3) is 4.68. The maximum absolute atomic E-state index is 13.7. The van der Waals surface area contributed by atoms with Crippen LogP contribution in [0.3, 0.4) is 0 Å². The van der Waals surface area contributed by atoms with Gasteiger partial charge in [0.15, 0.2) is 5.96 Å². The summed E-state index contributed by atoms with van der Waals surface area (Å²) in [7, 11) is 0. The number of carbonyl (C=O) groups excluding carboxylic acids is 1. The highest BCUT2D eigenvalue weighted by atomic mass is 16.2. The van der Waals surface area contributed by atoms with Crippen LogP contribution in [-0.4, -0.2) is 28.3 Å². The smallest absolute Gasteiger partial charge is 0.257 e. The van der Waals surface area contributed by atoms with Crippen LogP contribution in [0.1, 0.15) is 104 Å². The number of hydrogen-bond donors (Lipinski definition) is 1. The molecule has 0 aromatic carbocycles. The molecule has 2 saturated carbocycles. The van der Waals surface area contributed by atoms with Gasteiger partial charge in [0.2, 0.25) is 0 Å². The Kier molecular flexibility index (Phi) is 6.86. The zero-order chi connectivity index (χ0) is 19.4. The molecule has 1 heterocycles. The SMILES string of the molecule is CC(C)C(C)N1C(=O)C(CCC2CCCCC2)(CC2CCCCC2)N=C1N. The van der Waals surface area contributed by atoms with Crippen LogP contribution in [0.4, 0.5) is 0 Å². The molecule has 2 atom stereocenters. The first kappa shape index (κ1) is 20.7. The van der Waals surface area contributed by atoms with Gasteiger partial charge < -0.3 is 5.73 Å². The quantitative estimate of drug-likeness (QED) is 0.660. The largest absolute Gasteiger partial charge is 0.369 e. The lowest BCUT2D eigenvalue weighted by molar-refractivity contribution is -0.134. The fraction of sp³-hybridized carbons (Fsp3) is 0.913. The van der Waals surface area contributed by atoms with Crippen LogP contribution in [0.25, 0.3) is 0 Å². The van der Waals surface area contributed by atoms with E-state index in [1.807, 2.05) is 4.90 Å². The van der Waals surface area contributed by atoms with Crippen molar-refractivity contribution in [3.05, 3.63) is 0 Å². The number of nitrogens with zero attached hydrogens (tertiary/aromatic N) is 2. The summed E-state index contributed by atoms with van der Waals surface area (Å²) in [6.45, 7) is 6.44. The summed E-state index contributed by atoms with van der Waals surface area (Å²) in [6, 6.07) is 0.115. The molecule has 1 aliphatic heterocycles. The van der Waals surface area contributed by atoms with Crippen molar-refractivity contribution < 1.29 is 4.79 Å². The van der Waals surface area contributed by atoms with Crippen molar-refractivity contribution in [3.63, 3.8) is 0 Å². The lowest BCUT2D eigenvalue weighted by atomic mass is 9.75. The number of hydrogen-bond acceptors (Lipinski definition) is 3. The minimum absolute atomic E-state index is 0.115. The molecular weight excluding hydrogens is 334 g/mol. The molecule has 1 amide bonds. The van der Waals surface area contributed by atoms with Gasteiger partial charge in [-0.2, -0.15) is 0 Å². The topological polar surface area (TPSA) is 58.7 Å². The van der Waals surface area contributed by atoms with Gasteiger partial charge in [0.25, 0.3) is 5.91 Å². The van der Waals surface area contributed by atoms with Crippen molar-refractivity contribution in [3.8, 4) is 0 Å². The average Bonchev–Trinajstić information content (AvgIpc) is 2.91. The van der Waals surface area contributed by atoms with Gasteiger partial charge in [0, 0.05) is 6.04 Å². The molecule has 4 nitrogen and oxygen atoms in total. The molecule has 3 aliphatic rings. The zero-order valence-electron chi connectivity index (χ0n) is 17.9. The number of nitrogens with two attached hydrogens (primary N) is 1. The maximum atomic E-state index is 13.7. The van der Waals surface area contributed by atoms with E-state index in [1.54, 1.807) is 0 Å². The molecule has 2 aliphatic carbocycles. The van der Waals surface area contributed by atoms with Crippen LogP contribution in [0.5, 0.6) is 0 Å². The summed E-state index contributed by atoms with van der Waals surface area (Å²) in [5.41, 5.74) is 5.78. The predicted octanol–water partition coefficient (Wildman–Crippen LogP) is 5.26. The van der Waals surface area contributed by atoms with Crippen molar-refractivity contribution in [2.45, 2.75) is 116 Å². The lowest BCUT2D eigenvalue weighted by Gasteiger charge is -2.35. The van der Waals surface area contributed by atoms with Crippen LogP contribution < -0.4 is 5.73 Å². The van der Waals surface area contributed by atoms with E-state index in [2.05, 4.69) is 20.8 Å². The first-order chi connectivity index (χ1) is 12.9. The second kappa shape index (κ2) is 8.96. The zero-order valence-corrected chi connectivity index (χ0v) is 17.9. The van der Waals surface area contributed by atoms with Crippen LogP contribution in [-0.2, 0) is 4.79 Å². The lowest BCUT2D eigenvalue weighted by Crippen LogP contribution is -2.50. The molecule has 154 valence electrons. The van der Waals surface area contributed by atoms with Gasteiger partial charge in [0.05, 0.1) is 0 Å². The first-order valence-electron chi connectivity index (χ1n) is 11.6. The fourth-order valence-corrected chi connectivity index (χ4v) is 5.53. The Bertz CT molecular complexity index is 532. The molecule has 27 heavy (non-hydrogen) atoms. The van der Waals surface area contributed by atoms with Crippen molar-refractivity contribution in [1.29, 1.82) is 0 Å². The summed E-state index contributed by atoms with van der Waals surface area (Å²) in [6.07, 6.45) is 16.2. The predicted molar refractivity (Wildman–Crippen MR) is 113 cm³/mol. The highest BCUT2D eigenvalue weighted by molar-refractivity contribution is 6.07. The van der Waals surface area contributed by atoms with Gasteiger partial charge in [0.1, 0.15) is 5.54 Å². The number of guanidine groups is 1. The summed E-state index contributed by atoms with van der Waals surface area (Å²) in [4.78, 5) is 20.4. The second-order valence-electron chi connectivity index (χ2n) is 9.91. The van der Waals surface area contributed by atoms with Gasteiger partial charge in [-0.1, -0.05) is 78.1 Å². The van der Waals surface area contributed by atoms with E-state index in [0.29, 0.717) is 17.8 Å². The van der Waals surface area contributed by atoms with Crippen molar-refractivity contribution in [1.82, 2.24) is 4.90 Å². The van der Waals surface area contributed by atoms with Crippen molar-refractivity contribution in [2.24, 2.45) is 28.5 Å². The normalized spacial score (nSPS) is 29.4. The standard InChI is InChI=1S/C23H41N3O/c1-17(2)18(3)26-21(27)23(25-22(26)24,16-20-12-8-5-9-13-20)15-14-19-10-6-4-7-11-19/h17-20H,4-16H2,1-3H3,(H2,24,25). The second-order valence-corrected chi connectivity index (χ2v) is 9.91. The van der Waals surface area contributed by atoms with E-state index < -0.39 is 5.54 Å². The Morgan fingerprint density at radius 3 is 2.11 bits per heavy atom.